The molecule has 0 amide bonds. The highest BCUT2D eigenvalue weighted by Gasteiger charge is 2.25. The molecule has 1 unspecified atom stereocenters. The normalized spacial score (nSPS) is 16.2. The maximum Gasteiger partial charge on any atom is 0.310 e. The molecule has 2 aromatic heterocycles. The maximum absolute atomic E-state index is 12.3. The Kier molecular flexibility index (Phi) is 4.10. The molecule has 0 saturated heterocycles. The van der Waals surface area contributed by atoms with Crippen molar-refractivity contribution in [3.63, 3.8) is 0 Å². The number of nitrogens with one attached hydrogen (secondary N) is 2. The molecule has 0 aliphatic carbocycles. The van der Waals surface area contributed by atoms with Crippen LogP contribution < -0.4 is 15.7 Å². The minimum absolute atomic E-state index is 0.0344. The fraction of sp³-hybridized carbons (Fsp3) is 0.111. The van der Waals surface area contributed by atoms with Gasteiger partial charge in [-0.15, -0.1) is 0 Å². The first-order valence-electron chi connectivity index (χ1n) is 7.91. The van der Waals surface area contributed by atoms with Crippen LogP contribution in [0.1, 0.15) is 23.6 Å². The van der Waals surface area contributed by atoms with Gasteiger partial charge in [0.25, 0.3) is 5.56 Å². The number of nitrogens with zero attached hydrogens (tertiary/aromatic N) is 2. The van der Waals surface area contributed by atoms with Gasteiger partial charge in [0.05, 0.1) is 23.1 Å². The highest BCUT2D eigenvalue weighted by Crippen LogP contribution is 2.35. The third-order valence-electron chi connectivity index (χ3n) is 4.13. The third-order valence-corrected chi connectivity index (χ3v) is 4.81. The van der Waals surface area contributed by atoms with E-state index in [1.165, 1.54) is 0 Å². The predicted octanol–water partition coefficient (Wildman–Crippen LogP) is 2.57. The van der Waals surface area contributed by atoms with Crippen molar-refractivity contribution in [1.29, 1.82) is 0 Å². The van der Waals surface area contributed by atoms with Gasteiger partial charge in [0.2, 0.25) is 0 Å². The molecule has 1 atom stereocenters. The summed E-state index contributed by atoms with van der Waals surface area (Å²) in [6.07, 6.45) is 3.76. The molecule has 3 aromatic rings. The van der Waals surface area contributed by atoms with Crippen molar-refractivity contribution < 1.29 is 5.11 Å². The fourth-order valence-corrected chi connectivity index (χ4v) is 3.57. The molecule has 3 N–H and O–H groups in total. The Morgan fingerprint density at radius 2 is 1.88 bits per heavy atom. The van der Waals surface area contributed by atoms with E-state index in [0.29, 0.717) is 29.2 Å². The van der Waals surface area contributed by atoms with E-state index in [1.54, 1.807) is 12.4 Å². The summed E-state index contributed by atoms with van der Waals surface area (Å²) in [7, 11) is 0. The summed E-state index contributed by atoms with van der Waals surface area (Å²) in [5, 5.41) is 13.3. The van der Waals surface area contributed by atoms with Crippen molar-refractivity contribution in [2.45, 2.75) is 12.5 Å². The van der Waals surface area contributed by atoms with E-state index in [9.17, 15) is 14.7 Å². The second kappa shape index (κ2) is 6.57. The lowest BCUT2D eigenvalue weighted by atomic mass is 9.99. The molecular weight excluding hydrogens is 352 g/mol. The smallest absolute Gasteiger partial charge is 0.310 e. The van der Waals surface area contributed by atoms with Crippen LogP contribution in [0.5, 0.6) is 5.06 Å². The highest BCUT2D eigenvalue weighted by molar-refractivity contribution is 7.11. The molecule has 0 bridgehead atoms. The average Bonchev–Trinajstić information content (AvgIpc) is 2.81. The van der Waals surface area contributed by atoms with Gasteiger partial charge in [-0.1, -0.05) is 12.1 Å². The Labute approximate surface area is 151 Å². The van der Waals surface area contributed by atoms with Crippen molar-refractivity contribution >= 4 is 28.4 Å². The Morgan fingerprint density at radius 1 is 1.12 bits per heavy atom. The molecule has 0 fully saturated rings. The van der Waals surface area contributed by atoms with Crippen LogP contribution in [0.4, 0.5) is 11.4 Å². The van der Waals surface area contributed by atoms with E-state index in [0.717, 1.165) is 11.3 Å². The van der Waals surface area contributed by atoms with Gasteiger partial charge in [-0.25, -0.2) is 0 Å². The number of para-hydroxylation sites is 2. The van der Waals surface area contributed by atoms with Gasteiger partial charge in [0, 0.05) is 18.8 Å². The fourth-order valence-electron chi connectivity index (χ4n) is 2.94. The van der Waals surface area contributed by atoms with E-state index in [4.69, 9.17) is 0 Å². The van der Waals surface area contributed by atoms with Gasteiger partial charge >= 0.3 is 4.87 Å². The van der Waals surface area contributed by atoms with Gasteiger partial charge < -0.3 is 10.4 Å². The quantitative estimate of drug-likeness (QED) is 0.646. The molecule has 0 radical (unpaired) electrons. The molecule has 0 spiro atoms. The second-order valence-electron chi connectivity index (χ2n) is 5.78. The van der Waals surface area contributed by atoms with Crippen molar-refractivity contribution in [1.82, 2.24) is 9.97 Å². The average molecular weight is 366 g/mol. The first kappa shape index (κ1) is 16.2. The van der Waals surface area contributed by atoms with Gasteiger partial charge in [0.15, 0.2) is 5.06 Å². The number of aromatic nitrogens is 2. The molecule has 7 nitrogen and oxygen atoms in total. The number of hydrogen-bond acceptors (Lipinski definition) is 7. The van der Waals surface area contributed by atoms with Gasteiger partial charge in [-0.2, -0.15) is 0 Å². The first-order chi connectivity index (χ1) is 12.6. The molecule has 1 aliphatic rings. The molecule has 1 aromatic carbocycles. The van der Waals surface area contributed by atoms with Crippen LogP contribution in [0.2, 0.25) is 0 Å². The third kappa shape index (κ3) is 3.02. The molecule has 8 heteroatoms. The zero-order valence-electron chi connectivity index (χ0n) is 13.5. The summed E-state index contributed by atoms with van der Waals surface area (Å²) in [6, 6.07) is 11.1. The van der Waals surface area contributed by atoms with E-state index < -0.39 is 10.4 Å². The van der Waals surface area contributed by atoms with E-state index >= 15 is 0 Å². The van der Waals surface area contributed by atoms with Crippen LogP contribution in [-0.2, 0) is 0 Å². The number of fused-ring (bicyclic) bond motifs is 1. The number of H-pyrrole nitrogens is 1. The van der Waals surface area contributed by atoms with Gasteiger partial charge in [-0.05, 0) is 41.2 Å². The van der Waals surface area contributed by atoms with E-state index in [-0.39, 0.29) is 16.7 Å². The minimum atomic E-state index is -0.641. The predicted molar refractivity (Wildman–Crippen MR) is 101 cm³/mol. The van der Waals surface area contributed by atoms with Crippen molar-refractivity contribution in [3.8, 4) is 5.06 Å². The summed E-state index contributed by atoms with van der Waals surface area (Å²) < 4.78 is 0. The lowest BCUT2D eigenvalue weighted by molar-refractivity contribution is 0.487. The lowest BCUT2D eigenvalue weighted by Crippen LogP contribution is -2.25. The minimum Gasteiger partial charge on any atom is -0.499 e. The molecule has 26 heavy (non-hydrogen) atoms. The van der Waals surface area contributed by atoms with E-state index in [2.05, 4.69) is 20.3 Å². The maximum atomic E-state index is 12.3. The van der Waals surface area contributed by atoms with Crippen LogP contribution >= 0.6 is 11.3 Å². The monoisotopic (exact) mass is 366 g/mol. The van der Waals surface area contributed by atoms with Crippen molar-refractivity contribution in [2.24, 2.45) is 4.99 Å². The Morgan fingerprint density at radius 3 is 2.65 bits per heavy atom. The van der Waals surface area contributed by atoms with Gasteiger partial charge in [-0.3, -0.25) is 24.5 Å². The molecule has 0 saturated carbocycles. The van der Waals surface area contributed by atoms with Crippen molar-refractivity contribution in [3.05, 3.63) is 79.9 Å². The Hall–Kier alpha value is -3.26. The largest absolute Gasteiger partial charge is 0.499 e. The van der Waals surface area contributed by atoms with Crippen molar-refractivity contribution in [2.75, 3.05) is 5.32 Å². The molecule has 4 rings (SSSR count). The zero-order chi connectivity index (χ0) is 18.1. The van der Waals surface area contributed by atoms with Crippen LogP contribution in [0.25, 0.3) is 0 Å². The number of pyridine rings is 1. The Bertz CT molecular complexity index is 1110. The SMILES string of the molecule is O=c1[nH]c(=O)c(C2=Nc3ccccc3NC(c3ccncc3)C2)c(O)s1. The summed E-state index contributed by atoms with van der Waals surface area (Å²) >= 11 is 0.585. The van der Waals surface area contributed by atoms with Crippen LogP contribution in [0.15, 0.2) is 63.4 Å². The standard InChI is InChI=1S/C18H14N4O3S/c23-16-15(17(24)26-18(25)22-16)14-9-13(10-5-7-19-8-6-10)20-11-3-1-2-4-12(11)21-14/h1-8,13,20,24H,9H2,(H,22,23,25). The highest BCUT2D eigenvalue weighted by atomic mass is 32.1. The number of aromatic hydroxyl groups is 1. The number of rotatable bonds is 2. The summed E-state index contributed by atoms with van der Waals surface area (Å²) in [5.41, 5.74) is 2.27. The zero-order valence-corrected chi connectivity index (χ0v) is 14.3. The topological polar surface area (TPSA) is 107 Å². The summed E-state index contributed by atoms with van der Waals surface area (Å²) in [5.74, 6) is 0. The lowest BCUT2D eigenvalue weighted by Gasteiger charge is -2.19. The number of aliphatic imine (C=N–C) groups is 1. The molecule has 130 valence electrons. The van der Waals surface area contributed by atoms with E-state index in [1.807, 2.05) is 36.4 Å². The Balaban J connectivity index is 1.89. The molecule has 3 heterocycles. The van der Waals surface area contributed by atoms with Crippen LogP contribution in [0.3, 0.4) is 0 Å². The number of hydrogen-bond donors (Lipinski definition) is 3. The van der Waals surface area contributed by atoms with Crippen LogP contribution in [0, 0.1) is 0 Å². The number of anilines is 1. The van der Waals surface area contributed by atoms with Gasteiger partial charge in [0.1, 0.15) is 5.56 Å². The molecular formula is C18H14N4O3S. The molecule has 1 aliphatic heterocycles. The first-order valence-corrected chi connectivity index (χ1v) is 8.73. The number of aromatic amines is 1. The summed E-state index contributed by atoms with van der Waals surface area (Å²) in [6.45, 7) is 0. The second-order valence-corrected chi connectivity index (χ2v) is 6.74. The summed E-state index contributed by atoms with van der Waals surface area (Å²) in [4.78, 5) is 34.0. The number of benzene rings is 1. The van der Waals surface area contributed by atoms with Crippen LogP contribution in [-0.4, -0.2) is 20.8 Å².